The monoisotopic (exact) mass is 282 g/mol. The molecule has 1 aliphatic rings. The zero-order chi connectivity index (χ0) is 13.8. The number of amides is 1. The summed E-state index contributed by atoms with van der Waals surface area (Å²) in [5.74, 6) is -0.798. The van der Waals surface area contributed by atoms with Gasteiger partial charge in [-0.2, -0.15) is 4.37 Å². The Hall–Kier alpha value is -1.43. The molecule has 5 nitrogen and oxygen atoms in total. The predicted octanol–water partition coefficient (Wildman–Crippen LogP) is 2.31. The molecular weight excluding hydrogens is 264 g/mol. The van der Waals surface area contributed by atoms with Gasteiger partial charge in [0.15, 0.2) is 0 Å². The summed E-state index contributed by atoms with van der Waals surface area (Å²) in [6.45, 7) is 2.55. The molecule has 0 bridgehead atoms. The van der Waals surface area contributed by atoms with Crippen molar-refractivity contribution in [2.75, 3.05) is 6.54 Å². The molecule has 1 N–H and O–H groups in total. The number of carbonyl (C=O) groups is 2. The van der Waals surface area contributed by atoms with Crippen molar-refractivity contribution in [3.63, 3.8) is 0 Å². The number of piperidine rings is 1. The van der Waals surface area contributed by atoms with E-state index in [0.717, 1.165) is 31.5 Å². The number of hydrogen-bond donors (Lipinski definition) is 1. The summed E-state index contributed by atoms with van der Waals surface area (Å²) in [5, 5.41) is 10.6. The van der Waals surface area contributed by atoms with Crippen LogP contribution in [0.1, 0.15) is 48.2 Å². The maximum Gasteiger partial charge on any atom is 0.303 e. The fourth-order valence-corrected chi connectivity index (χ4v) is 3.20. The van der Waals surface area contributed by atoms with Crippen molar-refractivity contribution in [1.82, 2.24) is 9.27 Å². The lowest BCUT2D eigenvalue weighted by atomic mass is 9.97. The van der Waals surface area contributed by atoms with Gasteiger partial charge >= 0.3 is 5.97 Å². The van der Waals surface area contributed by atoms with Crippen molar-refractivity contribution in [1.29, 1.82) is 0 Å². The van der Waals surface area contributed by atoms with E-state index in [1.165, 1.54) is 11.5 Å². The van der Waals surface area contributed by atoms with Gasteiger partial charge in [0, 0.05) is 24.4 Å². The highest BCUT2D eigenvalue weighted by Gasteiger charge is 2.29. The number of rotatable bonds is 4. The molecule has 0 aromatic carbocycles. The molecular formula is C13H18N2O3S. The van der Waals surface area contributed by atoms with Crippen LogP contribution in [0.2, 0.25) is 0 Å². The van der Waals surface area contributed by atoms with Crippen LogP contribution in [0.15, 0.2) is 5.38 Å². The van der Waals surface area contributed by atoms with E-state index in [1.54, 1.807) is 5.38 Å². The largest absolute Gasteiger partial charge is 0.481 e. The highest BCUT2D eigenvalue weighted by atomic mass is 32.1. The minimum atomic E-state index is -0.800. The first-order valence-corrected chi connectivity index (χ1v) is 7.37. The standard InChI is InChI=1S/C13H18N2O3S/c1-9-11(8-19-14-9)13(18)15-7-3-2-4-10(15)5-6-12(16)17/h8,10H,2-7H2,1H3,(H,16,17). The number of aryl methyl sites for hydroxylation is 1. The van der Waals surface area contributed by atoms with Crippen LogP contribution in [-0.2, 0) is 4.79 Å². The zero-order valence-corrected chi connectivity index (χ0v) is 11.8. The van der Waals surface area contributed by atoms with Crippen molar-refractivity contribution in [2.24, 2.45) is 0 Å². The van der Waals surface area contributed by atoms with Gasteiger partial charge in [-0.3, -0.25) is 9.59 Å². The molecule has 1 atom stereocenters. The van der Waals surface area contributed by atoms with E-state index in [4.69, 9.17) is 5.11 Å². The molecule has 0 radical (unpaired) electrons. The maximum absolute atomic E-state index is 12.5. The van der Waals surface area contributed by atoms with E-state index >= 15 is 0 Å². The van der Waals surface area contributed by atoms with Gasteiger partial charge in [0.1, 0.15) is 0 Å². The first-order chi connectivity index (χ1) is 9.09. The zero-order valence-electron chi connectivity index (χ0n) is 11.0. The second-order valence-electron chi connectivity index (χ2n) is 4.89. The minimum absolute atomic E-state index is 0.00124. The highest BCUT2D eigenvalue weighted by Crippen LogP contribution is 2.24. The molecule has 0 aliphatic carbocycles. The lowest BCUT2D eigenvalue weighted by molar-refractivity contribution is -0.137. The average Bonchev–Trinajstić information content (AvgIpc) is 2.82. The number of nitrogens with zero attached hydrogens (tertiary/aromatic N) is 2. The van der Waals surface area contributed by atoms with Crippen LogP contribution in [-0.4, -0.2) is 38.8 Å². The molecule has 1 aliphatic heterocycles. The van der Waals surface area contributed by atoms with Crippen molar-refractivity contribution >= 4 is 23.4 Å². The predicted molar refractivity (Wildman–Crippen MR) is 72.4 cm³/mol. The fraction of sp³-hybridized carbons (Fsp3) is 0.615. The van der Waals surface area contributed by atoms with Gasteiger partial charge in [0.25, 0.3) is 5.91 Å². The van der Waals surface area contributed by atoms with E-state index in [-0.39, 0.29) is 18.4 Å². The van der Waals surface area contributed by atoms with Crippen molar-refractivity contribution in [3.05, 3.63) is 16.6 Å². The molecule has 1 aromatic heterocycles. The topological polar surface area (TPSA) is 70.5 Å². The Morgan fingerprint density at radius 1 is 1.53 bits per heavy atom. The van der Waals surface area contributed by atoms with Crippen LogP contribution in [0.4, 0.5) is 0 Å². The SMILES string of the molecule is Cc1nscc1C(=O)N1CCCCC1CCC(=O)O. The molecule has 1 fully saturated rings. The Morgan fingerprint density at radius 3 is 2.95 bits per heavy atom. The summed E-state index contributed by atoms with van der Waals surface area (Å²) in [4.78, 5) is 25.0. The number of likely N-dealkylation sites (tertiary alicyclic amines) is 1. The van der Waals surface area contributed by atoms with Gasteiger partial charge in [-0.1, -0.05) is 0 Å². The third kappa shape index (κ3) is 3.32. The molecule has 1 amide bonds. The second kappa shape index (κ2) is 6.14. The van der Waals surface area contributed by atoms with E-state index in [1.807, 2.05) is 11.8 Å². The Morgan fingerprint density at radius 2 is 2.32 bits per heavy atom. The van der Waals surface area contributed by atoms with Crippen LogP contribution in [0.5, 0.6) is 0 Å². The Kier molecular flexibility index (Phi) is 4.52. The van der Waals surface area contributed by atoms with Gasteiger partial charge in [-0.15, -0.1) is 0 Å². The Labute approximate surface area is 116 Å². The summed E-state index contributed by atoms with van der Waals surface area (Å²) in [6, 6.07) is 0.0525. The molecule has 2 rings (SSSR count). The summed E-state index contributed by atoms with van der Waals surface area (Å²) in [6.07, 6.45) is 3.61. The van der Waals surface area contributed by atoms with Crippen LogP contribution >= 0.6 is 11.5 Å². The molecule has 0 spiro atoms. The van der Waals surface area contributed by atoms with Gasteiger partial charge < -0.3 is 10.0 Å². The first kappa shape index (κ1) is 14.0. The summed E-state index contributed by atoms with van der Waals surface area (Å²) in [5.41, 5.74) is 1.42. The van der Waals surface area contributed by atoms with E-state index in [9.17, 15) is 9.59 Å². The normalized spacial score (nSPS) is 19.4. The lowest BCUT2D eigenvalue weighted by Gasteiger charge is -2.35. The minimum Gasteiger partial charge on any atom is -0.481 e. The summed E-state index contributed by atoms with van der Waals surface area (Å²) in [7, 11) is 0. The van der Waals surface area contributed by atoms with Crippen LogP contribution in [0.25, 0.3) is 0 Å². The van der Waals surface area contributed by atoms with Crippen molar-refractivity contribution in [2.45, 2.75) is 45.1 Å². The first-order valence-electron chi connectivity index (χ1n) is 6.53. The molecule has 1 aromatic rings. The quantitative estimate of drug-likeness (QED) is 0.920. The maximum atomic E-state index is 12.5. The second-order valence-corrected chi connectivity index (χ2v) is 5.52. The summed E-state index contributed by atoms with van der Waals surface area (Å²) >= 11 is 1.29. The molecule has 6 heteroatoms. The van der Waals surface area contributed by atoms with Gasteiger partial charge in [0.05, 0.1) is 11.3 Å². The van der Waals surface area contributed by atoms with Crippen molar-refractivity contribution in [3.8, 4) is 0 Å². The molecule has 19 heavy (non-hydrogen) atoms. The smallest absolute Gasteiger partial charge is 0.303 e. The van der Waals surface area contributed by atoms with Crippen LogP contribution in [0, 0.1) is 6.92 Å². The average molecular weight is 282 g/mol. The number of carbonyl (C=O) groups excluding carboxylic acids is 1. The number of carboxylic acids is 1. The van der Waals surface area contributed by atoms with Gasteiger partial charge in [0.2, 0.25) is 0 Å². The van der Waals surface area contributed by atoms with E-state index in [0.29, 0.717) is 12.0 Å². The van der Waals surface area contributed by atoms with Gasteiger partial charge in [-0.05, 0) is 44.1 Å². The number of carboxylic acid groups (broad SMARTS) is 1. The van der Waals surface area contributed by atoms with Crippen LogP contribution < -0.4 is 0 Å². The van der Waals surface area contributed by atoms with Crippen molar-refractivity contribution < 1.29 is 14.7 Å². The molecule has 2 heterocycles. The third-order valence-corrected chi connectivity index (χ3v) is 4.28. The molecule has 1 saturated heterocycles. The Balaban J connectivity index is 2.08. The highest BCUT2D eigenvalue weighted by molar-refractivity contribution is 7.03. The molecule has 0 saturated carbocycles. The lowest BCUT2D eigenvalue weighted by Crippen LogP contribution is -2.44. The molecule has 104 valence electrons. The number of aromatic nitrogens is 1. The van der Waals surface area contributed by atoms with Gasteiger partial charge in [-0.25, -0.2) is 0 Å². The Bertz CT molecular complexity index is 472. The third-order valence-electron chi connectivity index (χ3n) is 3.56. The van der Waals surface area contributed by atoms with E-state index < -0.39 is 5.97 Å². The number of aliphatic carboxylic acids is 1. The van der Waals surface area contributed by atoms with E-state index in [2.05, 4.69) is 4.37 Å². The fourth-order valence-electron chi connectivity index (χ4n) is 2.51. The number of hydrogen-bond acceptors (Lipinski definition) is 4. The summed E-state index contributed by atoms with van der Waals surface area (Å²) < 4.78 is 4.13. The molecule has 1 unspecified atom stereocenters. The van der Waals surface area contributed by atoms with Crippen LogP contribution in [0.3, 0.4) is 0 Å².